The van der Waals surface area contributed by atoms with Crippen LogP contribution in [0.1, 0.15) is 13.8 Å². The molecule has 0 amide bonds. The SMILES string of the molecule is CCOCC.[AlH2][Cl]. The Labute approximate surface area is 57.6 Å². The van der Waals surface area contributed by atoms with E-state index in [2.05, 4.69) is 0 Å². The van der Waals surface area contributed by atoms with Gasteiger partial charge in [0, 0.05) is 13.2 Å². The van der Waals surface area contributed by atoms with Gasteiger partial charge in [-0.1, -0.05) is 0 Å². The summed E-state index contributed by atoms with van der Waals surface area (Å²) in [4.78, 5) is 0. The molecule has 0 aromatic heterocycles. The van der Waals surface area contributed by atoms with Crippen LogP contribution in [0.4, 0.5) is 0 Å². The lowest BCUT2D eigenvalue weighted by atomic mass is 10.8. The lowest BCUT2D eigenvalue weighted by molar-refractivity contribution is 0.162. The van der Waals surface area contributed by atoms with Crippen molar-refractivity contribution in [2.75, 3.05) is 13.2 Å². The van der Waals surface area contributed by atoms with E-state index in [9.17, 15) is 0 Å². The van der Waals surface area contributed by atoms with Crippen LogP contribution in [0.15, 0.2) is 0 Å². The maximum absolute atomic E-state index is 4.83. The van der Waals surface area contributed by atoms with Crippen molar-refractivity contribution < 1.29 is 4.74 Å². The molecule has 0 saturated carbocycles. The molecule has 44 valence electrons. The number of halogens is 1. The maximum atomic E-state index is 4.83. The lowest BCUT2D eigenvalue weighted by Crippen LogP contribution is -1.84. The summed E-state index contributed by atoms with van der Waals surface area (Å²) in [6.07, 6.45) is 0. The molecule has 7 heavy (non-hydrogen) atoms. The fraction of sp³-hybridized carbons (Fsp3) is 1.00. The van der Waals surface area contributed by atoms with Gasteiger partial charge in [-0.05, 0) is 13.8 Å². The number of hydrogen-bond acceptors (Lipinski definition) is 1. The Balaban J connectivity index is 0. The first kappa shape index (κ1) is 10.7. The molecule has 0 aromatic carbocycles. The first-order valence-electron chi connectivity index (χ1n) is 2.37. The van der Waals surface area contributed by atoms with Crippen LogP contribution in [-0.2, 0) is 4.74 Å². The van der Waals surface area contributed by atoms with Crippen molar-refractivity contribution in [1.29, 1.82) is 0 Å². The molecule has 0 saturated heterocycles. The summed E-state index contributed by atoms with van der Waals surface area (Å²) < 4.78 is 4.83. The zero-order valence-electron chi connectivity index (χ0n) is 5.20. The van der Waals surface area contributed by atoms with Gasteiger partial charge < -0.3 is 4.74 Å². The predicted octanol–water partition coefficient (Wildman–Crippen LogP) is 0.816. The molecule has 1 nitrogen and oxygen atoms in total. The van der Waals surface area contributed by atoms with E-state index in [1.165, 1.54) is 0 Å². The van der Waals surface area contributed by atoms with Gasteiger partial charge in [0.25, 0.3) is 0 Å². The van der Waals surface area contributed by atoms with Crippen LogP contribution in [0, 0.1) is 0 Å². The Bertz CT molecular complexity index is 19.2. The summed E-state index contributed by atoms with van der Waals surface area (Å²) in [7, 11) is 4.78. The quantitative estimate of drug-likeness (QED) is 0.514. The zero-order valence-corrected chi connectivity index (χ0v) is 7.96. The highest BCUT2D eigenvalue weighted by molar-refractivity contribution is 6.80. The zero-order chi connectivity index (χ0) is 6.12. The van der Waals surface area contributed by atoms with Gasteiger partial charge in [-0.3, -0.25) is 10.0 Å². The molecule has 0 aliphatic heterocycles. The molecule has 0 rings (SSSR count). The summed E-state index contributed by atoms with van der Waals surface area (Å²) in [6, 6.07) is 0. The van der Waals surface area contributed by atoms with Gasteiger partial charge >= 0.3 is 15.4 Å². The van der Waals surface area contributed by atoms with Crippen LogP contribution >= 0.6 is 10.0 Å². The van der Waals surface area contributed by atoms with E-state index in [0.29, 0.717) is 0 Å². The van der Waals surface area contributed by atoms with Crippen LogP contribution in [0.5, 0.6) is 0 Å². The largest absolute Gasteiger partial charge is 0.382 e. The maximum Gasteiger partial charge on any atom is 0.353 e. The Morgan fingerprint density at radius 2 is 1.57 bits per heavy atom. The summed E-state index contributed by atoms with van der Waals surface area (Å²) in [6.45, 7) is 5.67. The summed E-state index contributed by atoms with van der Waals surface area (Å²) in [5.41, 5.74) is 0. The highest BCUT2D eigenvalue weighted by atomic mass is 35.6. The second-order valence-corrected chi connectivity index (χ2v) is 0.781. The molecule has 0 N–H and O–H groups in total. The van der Waals surface area contributed by atoms with Gasteiger partial charge in [0.2, 0.25) is 0 Å². The van der Waals surface area contributed by atoms with Gasteiger partial charge in [0.1, 0.15) is 0 Å². The predicted molar refractivity (Wildman–Crippen MR) is 36.6 cm³/mol. The Morgan fingerprint density at radius 3 is 1.57 bits per heavy atom. The first-order valence-corrected chi connectivity index (χ1v) is 5.39. The number of ether oxygens (including phenoxy) is 1. The van der Waals surface area contributed by atoms with Gasteiger partial charge in [-0.2, -0.15) is 0 Å². The molecule has 0 aromatic rings. The molecule has 0 radical (unpaired) electrons. The third kappa shape index (κ3) is 20.0. The second kappa shape index (κ2) is 15.9. The summed E-state index contributed by atoms with van der Waals surface area (Å²) in [5.74, 6) is 0. The third-order valence-corrected chi connectivity index (χ3v) is 0.408. The summed E-state index contributed by atoms with van der Waals surface area (Å²) in [5, 5.41) is 0. The molecular formula is C4H12AlClO. The van der Waals surface area contributed by atoms with E-state index >= 15 is 0 Å². The Hall–Kier alpha value is 0.782. The van der Waals surface area contributed by atoms with Crippen LogP contribution in [0.2, 0.25) is 0 Å². The molecule has 0 aliphatic carbocycles. The molecule has 0 heterocycles. The van der Waals surface area contributed by atoms with Crippen LogP contribution < -0.4 is 0 Å². The molecule has 0 aliphatic rings. The van der Waals surface area contributed by atoms with E-state index in [1.54, 1.807) is 0 Å². The first-order chi connectivity index (χ1) is 3.41. The highest BCUT2D eigenvalue weighted by Gasteiger charge is 1.64. The highest BCUT2D eigenvalue weighted by Crippen LogP contribution is 1.64. The minimum atomic E-state index is 0.778. The van der Waals surface area contributed by atoms with Crippen molar-refractivity contribution in [1.82, 2.24) is 0 Å². The fourth-order valence-electron chi connectivity index (χ4n) is 0.204. The second-order valence-electron chi connectivity index (χ2n) is 0.781. The van der Waals surface area contributed by atoms with E-state index in [-0.39, 0.29) is 0 Å². The average Bonchev–Trinajstić information content (AvgIpc) is 1.75. The van der Waals surface area contributed by atoms with Crippen LogP contribution in [0.3, 0.4) is 0 Å². The molecule has 0 bridgehead atoms. The van der Waals surface area contributed by atoms with Gasteiger partial charge in [-0.25, -0.2) is 0 Å². The molecule has 0 fully saturated rings. The lowest BCUT2D eigenvalue weighted by Gasteiger charge is -1.86. The molecule has 0 spiro atoms. The normalized spacial score (nSPS) is 6.71. The molecule has 0 atom stereocenters. The average molecular weight is 139 g/mol. The minimum absolute atomic E-state index is 0.778. The van der Waals surface area contributed by atoms with E-state index in [0.717, 1.165) is 28.6 Å². The van der Waals surface area contributed by atoms with Crippen LogP contribution in [-0.4, -0.2) is 28.6 Å². The van der Waals surface area contributed by atoms with Crippen molar-refractivity contribution in [3.8, 4) is 0 Å². The van der Waals surface area contributed by atoms with E-state index in [4.69, 9.17) is 14.8 Å². The van der Waals surface area contributed by atoms with Crippen molar-refractivity contribution >= 4 is 25.4 Å². The van der Waals surface area contributed by atoms with Crippen molar-refractivity contribution in [2.45, 2.75) is 13.8 Å². The Morgan fingerprint density at radius 1 is 1.29 bits per heavy atom. The monoisotopic (exact) mass is 138 g/mol. The van der Waals surface area contributed by atoms with Gasteiger partial charge in [0.15, 0.2) is 0 Å². The van der Waals surface area contributed by atoms with Crippen molar-refractivity contribution in [3.63, 3.8) is 0 Å². The van der Waals surface area contributed by atoms with Crippen LogP contribution in [0.25, 0.3) is 0 Å². The summed E-state index contributed by atoms with van der Waals surface area (Å²) >= 11 is 0.778. The van der Waals surface area contributed by atoms with E-state index < -0.39 is 0 Å². The molecular weight excluding hydrogens is 126 g/mol. The van der Waals surface area contributed by atoms with Crippen molar-refractivity contribution in [3.05, 3.63) is 0 Å². The minimum Gasteiger partial charge on any atom is -0.382 e. The van der Waals surface area contributed by atoms with Gasteiger partial charge in [0.05, 0.1) is 0 Å². The number of rotatable bonds is 2. The standard InChI is InChI=1S/C4H10O.Al.ClH.2H/c1-3-5-4-2;;;;/h3-4H2,1-2H3;;1H;;/q;+1;;;/p-1. The smallest absolute Gasteiger partial charge is 0.353 e. The number of hydrogen-bond donors (Lipinski definition) is 0. The molecule has 0 unspecified atom stereocenters. The fourth-order valence-corrected chi connectivity index (χ4v) is 0.204. The van der Waals surface area contributed by atoms with Gasteiger partial charge in [-0.15, -0.1) is 0 Å². The third-order valence-electron chi connectivity index (χ3n) is 0.408. The topological polar surface area (TPSA) is 9.23 Å². The Kier molecular flexibility index (Phi) is 24.2. The van der Waals surface area contributed by atoms with E-state index in [1.807, 2.05) is 13.8 Å². The molecule has 3 heteroatoms. The van der Waals surface area contributed by atoms with Crippen molar-refractivity contribution in [2.24, 2.45) is 0 Å².